The Labute approximate surface area is 285 Å². The van der Waals surface area contributed by atoms with Crippen molar-refractivity contribution in [2.24, 2.45) is 0 Å². The third kappa shape index (κ3) is 5.01. The average molecular weight is 663 g/mol. The van der Waals surface area contributed by atoms with Gasteiger partial charge in [0.15, 0.2) is 11.2 Å². The van der Waals surface area contributed by atoms with E-state index in [0.29, 0.717) is 51.6 Å². The van der Waals surface area contributed by atoms with Gasteiger partial charge in [-0.15, -0.1) is 0 Å². The van der Waals surface area contributed by atoms with Gasteiger partial charge in [-0.2, -0.15) is 0 Å². The Morgan fingerprint density at radius 1 is 0.729 bits per heavy atom. The van der Waals surface area contributed by atoms with Gasteiger partial charge in [0.2, 0.25) is 11.8 Å². The molecule has 262 valence electrons. The zero-order valence-corrected chi connectivity index (χ0v) is 29.0. The number of rotatable bonds is 11. The number of esters is 2. The van der Waals surface area contributed by atoms with E-state index in [-0.39, 0.29) is 60.0 Å². The van der Waals surface area contributed by atoms with Gasteiger partial charge in [-0.05, 0) is 88.4 Å². The maximum Gasteiger partial charge on any atom is 0.331 e. The zero-order valence-electron chi connectivity index (χ0n) is 29.0. The number of fused-ring (bicyclic) bond motifs is 6. The van der Waals surface area contributed by atoms with Gasteiger partial charge in [-0.3, -0.25) is 19.4 Å². The van der Waals surface area contributed by atoms with E-state index >= 15 is 0 Å². The fourth-order valence-corrected chi connectivity index (χ4v) is 11.6. The Morgan fingerprint density at radius 3 is 1.58 bits per heavy atom. The van der Waals surface area contributed by atoms with E-state index in [4.69, 9.17) is 9.47 Å². The number of nitrogens with zero attached hydrogens (tertiary/aromatic N) is 4. The topological polar surface area (TPSA) is 99.7 Å². The minimum absolute atomic E-state index is 0.0558. The number of ether oxygens (including phenoxy) is 2. The molecule has 10 nitrogen and oxygen atoms in total. The molecule has 6 heterocycles. The minimum atomic E-state index is -0.478. The van der Waals surface area contributed by atoms with Crippen molar-refractivity contribution in [1.29, 1.82) is 0 Å². The SMILES string of the molecule is CCCN(C(=O)CCCCC(=O)N(CCC)[C@H]1CC2=CC(=O)O[C@]23C[C@H]1N1CCCC[C@H]13)[C@H]1CC2=CC(=O)O[C@]23C[C@H]1N1CCCC[C@H]13. The van der Waals surface area contributed by atoms with E-state index in [9.17, 15) is 19.2 Å². The van der Waals surface area contributed by atoms with E-state index in [0.717, 1.165) is 88.4 Å². The maximum atomic E-state index is 13.9. The number of unbranched alkanes of at least 4 members (excludes halogenated alkanes) is 1. The molecule has 0 N–H and O–H groups in total. The third-order valence-electron chi connectivity index (χ3n) is 13.4. The summed E-state index contributed by atoms with van der Waals surface area (Å²) in [6.07, 6.45) is 17.2. The van der Waals surface area contributed by atoms with Gasteiger partial charge in [-0.25, -0.2) is 9.59 Å². The van der Waals surface area contributed by atoms with Gasteiger partial charge in [0.1, 0.15) is 0 Å². The highest BCUT2D eigenvalue weighted by atomic mass is 16.6. The Hall–Kier alpha value is -2.72. The molecule has 4 bridgehead atoms. The lowest BCUT2D eigenvalue weighted by Crippen LogP contribution is -2.54. The summed E-state index contributed by atoms with van der Waals surface area (Å²) in [5, 5.41) is 0. The summed E-state index contributed by atoms with van der Waals surface area (Å²) >= 11 is 0. The van der Waals surface area contributed by atoms with Crippen LogP contribution < -0.4 is 0 Å². The Bertz CT molecular complexity index is 1310. The second kappa shape index (κ2) is 12.6. The lowest BCUT2D eigenvalue weighted by atomic mass is 9.75. The second-order valence-electron chi connectivity index (χ2n) is 15.9. The van der Waals surface area contributed by atoms with E-state index in [1.807, 2.05) is 0 Å². The number of hydrogen-bond acceptors (Lipinski definition) is 8. The Morgan fingerprint density at radius 2 is 1.17 bits per heavy atom. The molecular formula is C38H54N4O6. The molecule has 0 unspecified atom stereocenters. The summed E-state index contributed by atoms with van der Waals surface area (Å²) in [5.74, 6) is -0.0980. The van der Waals surface area contributed by atoms with Gasteiger partial charge in [-0.1, -0.05) is 26.7 Å². The summed E-state index contributed by atoms with van der Waals surface area (Å²) in [7, 11) is 0. The highest BCUT2D eigenvalue weighted by Crippen LogP contribution is 2.56. The van der Waals surface area contributed by atoms with Crippen molar-refractivity contribution < 1.29 is 28.7 Å². The molecule has 2 spiro atoms. The number of carbonyl (C=O) groups is 4. The van der Waals surface area contributed by atoms with Gasteiger partial charge >= 0.3 is 11.9 Å². The monoisotopic (exact) mass is 662 g/mol. The van der Waals surface area contributed by atoms with Crippen LogP contribution in [0.1, 0.15) is 117 Å². The molecule has 8 atom stereocenters. The zero-order chi connectivity index (χ0) is 33.2. The second-order valence-corrected chi connectivity index (χ2v) is 15.9. The first kappa shape index (κ1) is 32.5. The normalized spacial score (nSPS) is 37.9. The van der Waals surface area contributed by atoms with Crippen LogP contribution >= 0.6 is 0 Å². The van der Waals surface area contributed by atoms with Crippen molar-refractivity contribution in [1.82, 2.24) is 19.6 Å². The summed E-state index contributed by atoms with van der Waals surface area (Å²) in [6.45, 7) is 7.69. The lowest BCUT2D eigenvalue weighted by molar-refractivity contribution is -0.150. The van der Waals surface area contributed by atoms with Crippen LogP contribution in [-0.2, 0) is 28.7 Å². The van der Waals surface area contributed by atoms with Crippen molar-refractivity contribution in [2.45, 2.75) is 164 Å². The number of carbonyl (C=O) groups excluding carboxylic acids is 4. The van der Waals surface area contributed by atoms with Crippen LogP contribution in [0.3, 0.4) is 0 Å². The van der Waals surface area contributed by atoms with Crippen molar-refractivity contribution in [3.63, 3.8) is 0 Å². The number of hydrogen-bond donors (Lipinski definition) is 0. The first-order valence-corrected chi connectivity index (χ1v) is 19.3. The quantitative estimate of drug-likeness (QED) is 0.239. The Balaban J connectivity index is 0.916. The predicted molar refractivity (Wildman–Crippen MR) is 179 cm³/mol. The molecule has 2 saturated carbocycles. The molecule has 2 amide bonds. The van der Waals surface area contributed by atoms with Crippen LogP contribution in [-0.4, -0.2) is 117 Å². The largest absolute Gasteiger partial charge is 0.450 e. The molecule has 0 aromatic rings. The molecule has 8 aliphatic rings. The molecule has 6 fully saturated rings. The van der Waals surface area contributed by atoms with E-state index in [1.165, 1.54) is 0 Å². The van der Waals surface area contributed by atoms with Crippen LogP contribution in [0, 0.1) is 0 Å². The van der Waals surface area contributed by atoms with Crippen LogP contribution in [0.25, 0.3) is 0 Å². The highest BCUT2D eigenvalue weighted by Gasteiger charge is 2.66. The van der Waals surface area contributed by atoms with Crippen LogP contribution in [0.4, 0.5) is 0 Å². The van der Waals surface area contributed by atoms with Crippen molar-refractivity contribution in [3.05, 3.63) is 23.3 Å². The molecule has 10 heteroatoms. The molecule has 8 rings (SSSR count). The lowest BCUT2D eigenvalue weighted by Gasteiger charge is -2.42. The molecule has 2 aliphatic carbocycles. The fraction of sp³-hybridized carbons (Fsp3) is 0.789. The molecule has 6 aliphatic heterocycles. The standard InChI is InChI=1S/C38H54N4O6/c1-3-15-41(27-19-25-21-35(45)47-37(25)23-29(27)39-17-9-7-11-31(37)39)33(43)13-5-6-14-34(44)42(16-4-2)28-20-26-22-36(46)48-38(26)24-30(28)40-18-10-8-12-32(38)40/h21-22,27-32H,3-20,23-24H2,1-2H3/t27-,28-,29+,30+,31-,32-,37+,38+/m0/s1. The van der Waals surface area contributed by atoms with Crippen LogP contribution in [0.15, 0.2) is 23.3 Å². The molecule has 4 saturated heterocycles. The summed E-state index contributed by atoms with van der Waals surface area (Å²) in [5.41, 5.74) is 1.24. The van der Waals surface area contributed by atoms with Gasteiger partial charge in [0.05, 0.1) is 24.2 Å². The summed E-state index contributed by atoms with van der Waals surface area (Å²) < 4.78 is 12.1. The average Bonchev–Trinajstić information content (AvgIpc) is 3.78. The smallest absolute Gasteiger partial charge is 0.331 e. The predicted octanol–water partition coefficient (Wildman–Crippen LogP) is 4.27. The van der Waals surface area contributed by atoms with E-state index < -0.39 is 11.2 Å². The molecule has 0 radical (unpaired) electrons. The van der Waals surface area contributed by atoms with Crippen LogP contribution in [0.5, 0.6) is 0 Å². The number of piperidine rings is 2. The first-order valence-electron chi connectivity index (χ1n) is 19.3. The van der Waals surface area contributed by atoms with Crippen molar-refractivity contribution in [2.75, 3.05) is 26.2 Å². The summed E-state index contributed by atoms with van der Waals surface area (Å²) in [4.78, 5) is 62.3. The van der Waals surface area contributed by atoms with E-state index in [2.05, 4.69) is 33.4 Å². The fourth-order valence-electron chi connectivity index (χ4n) is 11.6. The van der Waals surface area contributed by atoms with Crippen molar-refractivity contribution >= 4 is 23.8 Å². The molecule has 0 aromatic carbocycles. The molecule has 48 heavy (non-hydrogen) atoms. The minimum Gasteiger partial charge on any atom is -0.450 e. The molecular weight excluding hydrogens is 608 g/mol. The van der Waals surface area contributed by atoms with Crippen molar-refractivity contribution in [3.8, 4) is 0 Å². The van der Waals surface area contributed by atoms with Gasteiger partial charge < -0.3 is 19.3 Å². The maximum absolute atomic E-state index is 13.9. The van der Waals surface area contributed by atoms with E-state index in [1.54, 1.807) is 12.2 Å². The summed E-state index contributed by atoms with van der Waals surface area (Å²) in [6, 6.07) is 1.02. The number of amides is 2. The van der Waals surface area contributed by atoms with Crippen LogP contribution in [0.2, 0.25) is 0 Å². The molecule has 0 aromatic heterocycles. The van der Waals surface area contributed by atoms with Gasteiger partial charge in [0, 0.05) is 63.0 Å². The first-order chi connectivity index (χ1) is 23.3. The highest BCUT2D eigenvalue weighted by molar-refractivity contribution is 5.88. The Kier molecular flexibility index (Phi) is 8.50. The van der Waals surface area contributed by atoms with Gasteiger partial charge in [0.25, 0.3) is 0 Å². The third-order valence-corrected chi connectivity index (χ3v) is 13.4.